The topological polar surface area (TPSA) is 19.9 Å². The van der Waals surface area contributed by atoms with Crippen molar-refractivity contribution in [1.29, 1.82) is 0 Å². The molecule has 0 spiro atoms. The van der Waals surface area contributed by atoms with Crippen molar-refractivity contribution in [3.05, 3.63) is 0 Å². The van der Waals surface area contributed by atoms with Crippen LogP contribution in [-0.4, -0.2) is 6.10 Å². The van der Waals surface area contributed by atoms with Crippen LogP contribution < -0.4 is 0 Å². The van der Waals surface area contributed by atoms with Gasteiger partial charge in [-0.15, -0.1) is 0 Å². The first-order chi connectivity index (χ1) is 4.20. The van der Waals surface area contributed by atoms with Gasteiger partial charge in [-0.2, -0.15) is 0 Å². The molecule has 1 aliphatic rings. The molecule has 0 amide bonds. The predicted octanol–water partition coefficient (Wildman–Crippen LogP) is 2.24. The van der Waals surface area contributed by atoms with Gasteiger partial charge >= 0.3 is 0 Å². The molecule has 1 heteroatoms. The molecule has 1 saturated carbocycles. The Bertz CT molecular complexity index is 90.6. The first-order valence-corrected chi connectivity index (χ1v) is 3.86. The van der Waals surface area contributed by atoms with E-state index in [-0.39, 0.29) is 6.10 Å². The van der Waals surface area contributed by atoms with E-state index in [0.29, 0.717) is 5.92 Å². The lowest BCUT2D eigenvalue weighted by atomic mass is 9.80. The Morgan fingerprint density at radius 2 is 1.78 bits per heavy atom. The number of hydrogen-bond acceptors (Lipinski definition) is 0. The van der Waals surface area contributed by atoms with E-state index in [4.69, 9.17) is 0 Å². The van der Waals surface area contributed by atoms with E-state index in [9.17, 15) is 5.11 Å². The quantitative estimate of drug-likeness (QED) is 0.475. The molecule has 0 saturated heterocycles. The summed E-state index contributed by atoms with van der Waals surface area (Å²) in [6, 6.07) is 0. The third-order valence-electron chi connectivity index (χ3n) is 2.55. The van der Waals surface area contributed by atoms with E-state index in [1.807, 2.05) is 0 Å². The van der Waals surface area contributed by atoms with Crippen LogP contribution >= 0.6 is 0 Å². The summed E-state index contributed by atoms with van der Waals surface area (Å²) in [6.45, 7) is 4.44. The SMILES string of the molecule is CC1CCC([O])CC1C. The molecular weight excluding hydrogens is 112 g/mol. The molecule has 3 unspecified atom stereocenters. The van der Waals surface area contributed by atoms with Gasteiger partial charge in [-0.25, -0.2) is 5.11 Å². The zero-order valence-corrected chi connectivity index (χ0v) is 6.26. The van der Waals surface area contributed by atoms with Gasteiger partial charge in [0.2, 0.25) is 0 Å². The molecule has 0 aromatic carbocycles. The summed E-state index contributed by atoms with van der Waals surface area (Å²) in [7, 11) is 0. The van der Waals surface area contributed by atoms with Crippen molar-refractivity contribution in [2.24, 2.45) is 11.8 Å². The summed E-state index contributed by atoms with van der Waals surface area (Å²) in [4.78, 5) is 0. The van der Waals surface area contributed by atoms with Gasteiger partial charge in [-0.05, 0) is 31.1 Å². The molecule has 1 aliphatic carbocycles. The average Bonchev–Trinajstić information content (AvgIpc) is 1.80. The molecule has 1 fully saturated rings. The van der Waals surface area contributed by atoms with Crippen molar-refractivity contribution in [2.45, 2.75) is 39.2 Å². The van der Waals surface area contributed by atoms with Gasteiger partial charge in [0, 0.05) is 0 Å². The van der Waals surface area contributed by atoms with E-state index in [0.717, 1.165) is 25.2 Å². The first kappa shape index (κ1) is 7.07. The van der Waals surface area contributed by atoms with Crippen LogP contribution in [0.3, 0.4) is 0 Å². The summed E-state index contributed by atoms with van der Waals surface area (Å²) in [5.41, 5.74) is 0. The van der Waals surface area contributed by atoms with E-state index < -0.39 is 0 Å². The van der Waals surface area contributed by atoms with Crippen LogP contribution in [0.15, 0.2) is 0 Å². The summed E-state index contributed by atoms with van der Waals surface area (Å²) in [6.07, 6.45) is 2.71. The highest BCUT2D eigenvalue weighted by Crippen LogP contribution is 2.29. The van der Waals surface area contributed by atoms with Gasteiger partial charge in [-0.3, -0.25) is 0 Å². The van der Waals surface area contributed by atoms with Crippen LogP contribution in [0, 0.1) is 11.8 Å². The lowest BCUT2D eigenvalue weighted by Crippen LogP contribution is -2.22. The van der Waals surface area contributed by atoms with Gasteiger partial charge in [0.15, 0.2) is 0 Å². The fraction of sp³-hybridized carbons (Fsp3) is 1.00. The zero-order valence-electron chi connectivity index (χ0n) is 6.26. The highest BCUT2D eigenvalue weighted by Gasteiger charge is 2.23. The molecule has 1 rings (SSSR count). The summed E-state index contributed by atoms with van der Waals surface area (Å²) < 4.78 is 0. The third-order valence-corrected chi connectivity index (χ3v) is 2.55. The molecule has 3 atom stereocenters. The Morgan fingerprint density at radius 3 is 2.22 bits per heavy atom. The smallest absolute Gasteiger partial charge is 0.0932 e. The van der Waals surface area contributed by atoms with Crippen molar-refractivity contribution in [3.8, 4) is 0 Å². The Kier molecular flexibility index (Phi) is 2.12. The molecule has 0 aromatic heterocycles. The minimum atomic E-state index is -0.254. The second-order valence-corrected chi connectivity index (χ2v) is 3.39. The Morgan fingerprint density at radius 1 is 1.11 bits per heavy atom. The fourth-order valence-electron chi connectivity index (χ4n) is 1.50. The van der Waals surface area contributed by atoms with E-state index in [1.165, 1.54) is 0 Å². The monoisotopic (exact) mass is 127 g/mol. The second kappa shape index (κ2) is 2.70. The summed E-state index contributed by atoms with van der Waals surface area (Å²) in [5.74, 6) is 1.46. The standard InChI is InChI=1S/C8H15O/c1-6-3-4-8(9)5-7(6)2/h6-8H,3-5H2,1-2H3. The summed E-state index contributed by atoms with van der Waals surface area (Å²) in [5, 5.41) is 10.9. The van der Waals surface area contributed by atoms with Crippen molar-refractivity contribution in [3.63, 3.8) is 0 Å². The van der Waals surface area contributed by atoms with Crippen molar-refractivity contribution in [1.82, 2.24) is 0 Å². The largest absolute Gasteiger partial charge is 0.233 e. The van der Waals surface area contributed by atoms with Gasteiger partial charge in [0.25, 0.3) is 0 Å². The Labute approximate surface area is 57.1 Å². The van der Waals surface area contributed by atoms with E-state index in [2.05, 4.69) is 13.8 Å². The Balaban J connectivity index is 2.35. The predicted molar refractivity (Wildman–Crippen MR) is 36.7 cm³/mol. The first-order valence-electron chi connectivity index (χ1n) is 3.86. The van der Waals surface area contributed by atoms with Crippen molar-refractivity contribution in [2.75, 3.05) is 0 Å². The number of hydrogen-bond donors (Lipinski definition) is 0. The van der Waals surface area contributed by atoms with Crippen molar-refractivity contribution >= 4 is 0 Å². The lowest BCUT2D eigenvalue weighted by molar-refractivity contribution is 0.0228. The molecule has 0 bridgehead atoms. The molecule has 9 heavy (non-hydrogen) atoms. The maximum absolute atomic E-state index is 10.9. The maximum Gasteiger partial charge on any atom is 0.0932 e. The molecule has 0 heterocycles. The molecule has 0 aliphatic heterocycles. The molecule has 1 nitrogen and oxygen atoms in total. The molecule has 0 N–H and O–H groups in total. The van der Waals surface area contributed by atoms with Crippen LogP contribution in [0.5, 0.6) is 0 Å². The van der Waals surface area contributed by atoms with Gasteiger partial charge in [0.05, 0.1) is 6.10 Å². The van der Waals surface area contributed by atoms with E-state index in [1.54, 1.807) is 0 Å². The highest BCUT2D eigenvalue weighted by molar-refractivity contribution is 4.73. The molecule has 53 valence electrons. The normalized spacial score (nSPS) is 45.0. The van der Waals surface area contributed by atoms with Gasteiger partial charge < -0.3 is 0 Å². The number of rotatable bonds is 0. The van der Waals surface area contributed by atoms with Crippen LogP contribution in [0.25, 0.3) is 0 Å². The molecular formula is C8H15O. The van der Waals surface area contributed by atoms with E-state index >= 15 is 0 Å². The highest BCUT2D eigenvalue weighted by atomic mass is 16.3. The second-order valence-electron chi connectivity index (χ2n) is 3.39. The van der Waals surface area contributed by atoms with Crippen LogP contribution in [-0.2, 0) is 5.11 Å². The molecule has 0 aromatic rings. The van der Waals surface area contributed by atoms with Crippen LogP contribution in [0.1, 0.15) is 33.1 Å². The minimum absolute atomic E-state index is 0.254. The minimum Gasteiger partial charge on any atom is -0.233 e. The van der Waals surface area contributed by atoms with Gasteiger partial charge in [0.1, 0.15) is 0 Å². The lowest BCUT2D eigenvalue weighted by Gasteiger charge is -2.27. The van der Waals surface area contributed by atoms with Gasteiger partial charge in [-0.1, -0.05) is 13.8 Å². The fourth-order valence-corrected chi connectivity index (χ4v) is 1.50. The maximum atomic E-state index is 10.9. The van der Waals surface area contributed by atoms with Crippen LogP contribution in [0.4, 0.5) is 0 Å². The summed E-state index contributed by atoms with van der Waals surface area (Å²) >= 11 is 0. The Hall–Kier alpha value is -0.0400. The van der Waals surface area contributed by atoms with Crippen molar-refractivity contribution < 1.29 is 5.11 Å². The van der Waals surface area contributed by atoms with Crippen LogP contribution in [0.2, 0.25) is 0 Å². The third kappa shape index (κ3) is 1.68. The molecule has 1 radical (unpaired) electrons. The average molecular weight is 127 g/mol. The zero-order chi connectivity index (χ0) is 6.85.